The van der Waals surface area contributed by atoms with Crippen molar-refractivity contribution in [3.05, 3.63) is 47.9 Å². The number of Topliss-reactive ketones (excluding diaryl/α,β-unsaturated/α-hetero) is 1. The first-order chi connectivity index (χ1) is 18.0. The van der Waals surface area contributed by atoms with Crippen LogP contribution in [0.15, 0.2) is 36.7 Å². The second kappa shape index (κ2) is 13.9. The zero-order chi connectivity index (χ0) is 25.9. The average molecular weight is 582 g/mol. The van der Waals surface area contributed by atoms with E-state index in [1.165, 1.54) is 24.2 Å². The number of halogens is 2. The zero-order valence-electron chi connectivity index (χ0n) is 22.9. The molecule has 1 aromatic heterocycles. The average Bonchev–Trinajstić information content (AvgIpc) is 3.41. The fourth-order valence-electron chi connectivity index (χ4n) is 6.55. The van der Waals surface area contributed by atoms with Gasteiger partial charge in [0.05, 0.1) is 18.7 Å². The van der Waals surface area contributed by atoms with Gasteiger partial charge in [0.15, 0.2) is 18.7 Å². The normalized spacial score (nSPS) is 23.6. The van der Waals surface area contributed by atoms with Gasteiger partial charge in [0.2, 0.25) is 0 Å². The molecule has 39 heavy (non-hydrogen) atoms. The van der Waals surface area contributed by atoms with Crippen LogP contribution in [-0.4, -0.2) is 53.5 Å². The van der Waals surface area contributed by atoms with Gasteiger partial charge in [-0.3, -0.25) is 14.6 Å². The van der Waals surface area contributed by atoms with Crippen LogP contribution in [0.1, 0.15) is 67.9 Å². The van der Waals surface area contributed by atoms with E-state index in [1.807, 2.05) is 23.2 Å². The van der Waals surface area contributed by atoms with Crippen molar-refractivity contribution in [1.82, 2.24) is 9.47 Å². The van der Waals surface area contributed by atoms with Crippen molar-refractivity contribution in [2.24, 2.45) is 24.6 Å². The van der Waals surface area contributed by atoms with Crippen molar-refractivity contribution in [3.63, 3.8) is 0 Å². The molecule has 4 atom stereocenters. The third kappa shape index (κ3) is 6.56. The Balaban J connectivity index is 0.00000210. The number of carbonyl (C=O) groups is 2. The molecule has 0 saturated heterocycles. The molecule has 0 amide bonds. The number of ketones is 1. The smallest absolute Gasteiger partial charge is 0.510 e. The first kappa shape index (κ1) is 31.3. The van der Waals surface area contributed by atoms with E-state index >= 15 is 0 Å². The number of hydrogen-bond acceptors (Lipinski definition) is 6. The van der Waals surface area contributed by atoms with Gasteiger partial charge in [-0.1, -0.05) is 37.5 Å². The van der Waals surface area contributed by atoms with Gasteiger partial charge in [-0.05, 0) is 50.6 Å². The summed E-state index contributed by atoms with van der Waals surface area (Å²) in [6.45, 7) is 3.45. The molecule has 3 N–H and O–H groups in total. The van der Waals surface area contributed by atoms with E-state index < -0.39 is 6.16 Å². The lowest BCUT2D eigenvalue weighted by atomic mass is 9.84. The molecule has 10 heteroatoms. The van der Waals surface area contributed by atoms with E-state index in [1.54, 1.807) is 0 Å². The van der Waals surface area contributed by atoms with Gasteiger partial charge in [0, 0.05) is 36.1 Å². The molecule has 0 bridgehead atoms. The molecule has 1 fully saturated rings. The summed E-state index contributed by atoms with van der Waals surface area (Å²) in [4.78, 5) is 29.3. The summed E-state index contributed by atoms with van der Waals surface area (Å²) in [5.74, 6) is 0.600. The summed E-state index contributed by atoms with van der Waals surface area (Å²) >= 11 is 0. The molecule has 0 radical (unpaired) electrons. The summed E-state index contributed by atoms with van der Waals surface area (Å²) in [5, 5.41) is 1.06. The minimum atomic E-state index is -0.621. The number of carbonyl (C=O) groups excluding carboxylic acids is 2. The molecule has 5 rings (SSSR count). The summed E-state index contributed by atoms with van der Waals surface area (Å²) in [7, 11) is 2.06. The van der Waals surface area contributed by atoms with E-state index in [0.717, 1.165) is 54.4 Å². The molecule has 216 valence electrons. The van der Waals surface area contributed by atoms with Crippen molar-refractivity contribution in [2.75, 3.05) is 19.8 Å². The van der Waals surface area contributed by atoms with Crippen LogP contribution in [0.3, 0.4) is 0 Å². The Bertz CT molecular complexity index is 1160. The third-order valence-electron chi connectivity index (χ3n) is 8.78. The van der Waals surface area contributed by atoms with E-state index in [4.69, 9.17) is 15.2 Å². The highest BCUT2D eigenvalue weighted by atomic mass is 35.5. The lowest BCUT2D eigenvalue weighted by molar-refractivity contribution is -0.878. The first-order valence-corrected chi connectivity index (χ1v) is 13.9. The number of para-hydroxylation sites is 1. The Kier molecular flexibility index (Phi) is 11.1. The number of fused-ring (bicyclic) bond motifs is 3. The van der Waals surface area contributed by atoms with Crippen LogP contribution in [0.25, 0.3) is 10.9 Å². The maximum absolute atomic E-state index is 13.6. The molecule has 0 spiro atoms. The number of benzene rings is 1. The summed E-state index contributed by atoms with van der Waals surface area (Å²) in [6, 6.07) is 8.18. The predicted molar refractivity (Wildman–Crippen MR) is 149 cm³/mol. The van der Waals surface area contributed by atoms with E-state index in [2.05, 4.69) is 36.9 Å². The highest BCUT2D eigenvalue weighted by Gasteiger charge is 2.37. The van der Waals surface area contributed by atoms with Gasteiger partial charge in [-0.25, -0.2) is 4.79 Å². The van der Waals surface area contributed by atoms with Gasteiger partial charge >= 0.3 is 6.16 Å². The minimum absolute atomic E-state index is 0. The molecule has 4 unspecified atom stereocenters. The van der Waals surface area contributed by atoms with Gasteiger partial charge in [-0.2, -0.15) is 0 Å². The molecule has 3 aliphatic rings. The number of nitrogens with zero attached hydrogens (tertiary/aromatic N) is 2. The van der Waals surface area contributed by atoms with E-state index in [-0.39, 0.29) is 55.5 Å². The molecule has 1 saturated carbocycles. The highest BCUT2D eigenvalue weighted by molar-refractivity contribution is 6.11. The first-order valence-electron chi connectivity index (χ1n) is 13.9. The Morgan fingerprint density at radius 2 is 1.92 bits per heavy atom. The van der Waals surface area contributed by atoms with Crippen LogP contribution in [0.4, 0.5) is 4.79 Å². The minimum Gasteiger partial charge on any atom is -1.00 e. The molecule has 8 nitrogen and oxygen atoms in total. The molecule has 2 aromatic rings. The molecular weight excluding hydrogens is 539 g/mol. The van der Waals surface area contributed by atoms with E-state index in [9.17, 15) is 9.59 Å². The SMILES string of the molecule is CC1N(COC(=O)OC(CCN)C2CCCCC2)C=C[NH+]1CC1CCc2c(c3ccccc3n2C)C1=O.Cl.[Cl-]. The van der Waals surface area contributed by atoms with Crippen molar-refractivity contribution in [1.29, 1.82) is 0 Å². The Morgan fingerprint density at radius 1 is 1.18 bits per heavy atom. The number of rotatable bonds is 8. The highest BCUT2D eigenvalue weighted by Crippen LogP contribution is 2.33. The third-order valence-corrected chi connectivity index (χ3v) is 8.78. The van der Waals surface area contributed by atoms with Crippen LogP contribution in [-0.2, 0) is 22.9 Å². The maximum atomic E-state index is 13.6. The van der Waals surface area contributed by atoms with Crippen LogP contribution in [0.2, 0.25) is 0 Å². The number of aryl methyl sites for hydroxylation is 1. The standard InChI is InChI=1S/C29H40N4O4.2ClH/c1-20-32(18-22-12-13-25-27(28(22)34)23-10-6-7-11-24(23)31(25)2)16-17-33(20)19-36-29(35)37-26(14-15-30)21-8-4-3-5-9-21;;/h6-7,10-11,16-17,20-22,26H,3-5,8-9,12-15,18-19,30H2,1-2H3;2*1H. The predicted octanol–water partition coefficient (Wildman–Crippen LogP) is 0.775. The molecule has 2 aliphatic carbocycles. The van der Waals surface area contributed by atoms with E-state index in [0.29, 0.717) is 18.9 Å². The van der Waals surface area contributed by atoms with Crippen LogP contribution >= 0.6 is 12.4 Å². The zero-order valence-corrected chi connectivity index (χ0v) is 24.5. The van der Waals surface area contributed by atoms with Crippen LogP contribution in [0.5, 0.6) is 0 Å². The topological polar surface area (TPSA) is 91.2 Å². The Hall–Kier alpha value is -2.26. The number of aromatic nitrogens is 1. The molecular formula is C29H42Cl2N4O4. The van der Waals surface area contributed by atoms with Gasteiger partial charge in [-0.15, -0.1) is 12.4 Å². The second-order valence-electron chi connectivity index (χ2n) is 10.9. The van der Waals surface area contributed by atoms with Crippen molar-refractivity contribution >= 4 is 35.2 Å². The number of ether oxygens (including phenoxy) is 2. The Labute approximate surface area is 243 Å². The fourth-order valence-corrected chi connectivity index (χ4v) is 6.55. The number of nitrogens with one attached hydrogen (secondary N) is 1. The van der Waals surface area contributed by atoms with Crippen molar-refractivity contribution in [3.8, 4) is 0 Å². The molecule has 1 aromatic carbocycles. The number of nitrogens with two attached hydrogens (primary N) is 1. The van der Waals surface area contributed by atoms with Crippen molar-refractivity contribution in [2.45, 2.75) is 70.6 Å². The van der Waals surface area contributed by atoms with Crippen LogP contribution < -0.4 is 23.0 Å². The monoisotopic (exact) mass is 580 g/mol. The van der Waals surface area contributed by atoms with Gasteiger partial charge in [0.25, 0.3) is 0 Å². The van der Waals surface area contributed by atoms with Crippen molar-refractivity contribution < 1.29 is 36.4 Å². The van der Waals surface area contributed by atoms with Gasteiger partial charge in [0.1, 0.15) is 12.3 Å². The summed E-state index contributed by atoms with van der Waals surface area (Å²) in [6.07, 6.45) is 11.5. The quantitative estimate of drug-likeness (QED) is 0.448. The number of hydrogen-bond donors (Lipinski definition) is 2. The lowest BCUT2D eigenvalue weighted by Gasteiger charge is -2.30. The van der Waals surface area contributed by atoms with Gasteiger partial charge < -0.3 is 32.2 Å². The fraction of sp³-hybridized carbons (Fsp3) is 0.586. The summed E-state index contributed by atoms with van der Waals surface area (Å²) < 4.78 is 13.4. The largest absolute Gasteiger partial charge is 1.00 e. The lowest BCUT2D eigenvalue weighted by Crippen LogP contribution is -3.11. The summed E-state index contributed by atoms with van der Waals surface area (Å²) in [5.41, 5.74) is 8.95. The Morgan fingerprint density at radius 3 is 2.67 bits per heavy atom. The number of quaternary nitrogens is 1. The van der Waals surface area contributed by atoms with Crippen LogP contribution in [0, 0.1) is 11.8 Å². The molecule has 2 heterocycles. The molecule has 1 aliphatic heterocycles. The second-order valence-corrected chi connectivity index (χ2v) is 10.9. The maximum Gasteiger partial charge on any atom is 0.510 e.